The van der Waals surface area contributed by atoms with Crippen LogP contribution < -0.4 is 9.64 Å². The second-order valence-corrected chi connectivity index (χ2v) is 11.3. The van der Waals surface area contributed by atoms with E-state index >= 15 is 0 Å². The Labute approximate surface area is 229 Å². The molecule has 1 saturated heterocycles. The van der Waals surface area contributed by atoms with Crippen LogP contribution in [0, 0.1) is 11.2 Å². The van der Waals surface area contributed by atoms with Gasteiger partial charge < -0.3 is 14.7 Å². The molecule has 1 atom stereocenters. The van der Waals surface area contributed by atoms with Crippen molar-refractivity contribution >= 4 is 17.7 Å². The number of benzene rings is 3. The Kier molecular flexibility index (Phi) is 7.97. The minimum atomic E-state index is -0.878. The maximum absolute atomic E-state index is 13.9. The number of nitrogens with zero attached hydrogens (tertiary/aromatic N) is 3. The zero-order valence-electron chi connectivity index (χ0n) is 23.1. The lowest BCUT2D eigenvalue weighted by molar-refractivity contribution is -0.0462. The first kappa shape index (κ1) is 28.1. The maximum atomic E-state index is 13.9. The SMILES string of the molecule is CN(C(=O)c1ccc(Oc2ccccc2F)cc1)c1ccc(CN2CCN(C(=O)O)[C@@](C)(C(C)(C)C)C2)cc1. The van der Waals surface area contributed by atoms with Gasteiger partial charge in [-0.1, -0.05) is 45.0 Å². The van der Waals surface area contributed by atoms with Crippen molar-refractivity contribution in [3.8, 4) is 11.5 Å². The molecule has 0 radical (unpaired) electrons. The largest absolute Gasteiger partial charge is 0.465 e. The van der Waals surface area contributed by atoms with Crippen LogP contribution in [-0.2, 0) is 6.54 Å². The Morgan fingerprint density at radius 3 is 2.23 bits per heavy atom. The van der Waals surface area contributed by atoms with Crippen LogP contribution >= 0.6 is 0 Å². The van der Waals surface area contributed by atoms with Gasteiger partial charge in [-0.3, -0.25) is 14.6 Å². The predicted octanol–water partition coefficient (Wildman–Crippen LogP) is 6.50. The minimum absolute atomic E-state index is 0.126. The molecule has 1 aliphatic rings. The summed E-state index contributed by atoms with van der Waals surface area (Å²) >= 11 is 0. The Bertz CT molecular complexity index is 1320. The van der Waals surface area contributed by atoms with E-state index in [0.717, 1.165) is 11.3 Å². The summed E-state index contributed by atoms with van der Waals surface area (Å²) < 4.78 is 19.4. The molecule has 0 saturated carbocycles. The fraction of sp³-hybridized carbons (Fsp3) is 0.355. The highest BCUT2D eigenvalue weighted by Crippen LogP contribution is 2.38. The molecule has 1 fully saturated rings. The summed E-state index contributed by atoms with van der Waals surface area (Å²) in [6.45, 7) is 10.7. The number of carbonyl (C=O) groups is 2. The van der Waals surface area contributed by atoms with Crippen LogP contribution in [0.25, 0.3) is 0 Å². The van der Waals surface area contributed by atoms with E-state index in [0.29, 0.717) is 37.5 Å². The molecule has 7 nitrogen and oxygen atoms in total. The Balaban J connectivity index is 1.39. The Morgan fingerprint density at radius 1 is 1.00 bits per heavy atom. The standard InChI is InChI=1S/C31H36FN3O4/c1-30(2,3)31(4)21-34(18-19-35(31)29(37)38)20-22-10-14-24(15-11-22)33(5)28(36)23-12-16-25(17-13-23)39-27-9-7-6-8-26(27)32/h6-17H,18-21H2,1-5H3,(H,37,38)/t31-/m1/s1. The van der Waals surface area contributed by atoms with E-state index in [9.17, 15) is 19.1 Å². The molecule has 0 bridgehead atoms. The first-order valence-electron chi connectivity index (χ1n) is 13.0. The fourth-order valence-electron chi connectivity index (χ4n) is 4.89. The van der Waals surface area contributed by atoms with Gasteiger partial charge in [0.15, 0.2) is 11.6 Å². The third-order valence-corrected chi connectivity index (χ3v) is 7.81. The lowest BCUT2D eigenvalue weighted by Crippen LogP contribution is -2.67. The summed E-state index contributed by atoms with van der Waals surface area (Å²) in [5.41, 5.74) is 1.60. The second-order valence-electron chi connectivity index (χ2n) is 11.3. The van der Waals surface area contributed by atoms with Gasteiger partial charge in [-0.25, -0.2) is 9.18 Å². The molecule has 0 aromatic heterocycles. The Morgan fingerprint density at radius 2 is 1.64 bits per heavy atom. The van der Waals surface area contributed by atoms with Crippen molar-refractivity contribution in [2.75, 3.05) is 31.6 Å². The van der Waals surface area contributed by atoms with E-state index in [4.69, 9.17) is 4.74 Å². The second kappa shape index (κ2) is 11.1. The fourth-order valence-corrected chi connectivity index (χ4v) is 4.89. The lowest BCUT2D eigenvalue weighted by Gasteiger charge is -2.54. The summed E-state index contributed by atoms with van der Waals surface area (Å²) in [6, 6.07) is 20.6. The highest BCUT2D eigenvalue weighted by molar-refractivity contribution is 6.05. The first-order chi connectivity index (χ1) is 18.4. The van der Waals surface area contributed by atoms with Crippen molar-refractivity contribution in [2.24, 2.45) is 5.41 Å². The number of halogens is 1. The summed E-state index contributed by atoms with van der Waals surface area (Å²) in [7, 11) is 1.72. The predicted molar refractivity (Wildman–Crippen MR) is 150 cm³/mol. The smallest absolute Gasteiger partial charge is 0.407 e. The highest BCUT2D eigenvalue weighted by Gasteiger charge is 2.48. The van der Waals surface area contributed by atoms with Crippen LogP contribution in [0.15, 0.2) is 72.8 Å². The number of para-hydroxylation sites is 1. The molecule has 0 aliphatic carbocycles. The lowest BCUT2D eigenvalue weighted by atomic mass is 9.72. The van der Waals surface area contributed by atoms with Crippen molar-refractivity contribution in [2.45, 2.75) is 39.8 Å². The van der Waals surface area contributed by atoms with Gasteiger partial charge >= 0.3 is 6.09 Å². The van der Waals surface area contributed by atoms with E-state index < -0.39 is 17.4 Å². The van der Waals surface area contributed by atoms with Crippen LogP contribution in [0.5, 0.6) is 11.5 Å². The molecule has 3 aromatic carbocycles. The van der Waals surface area contributed by atoms with Crippen LogP contribution in [0.4, 0.5) is 14.9 Å². The van der Waals surface area contributed by atoms with Gasteiger partial charge in [-0.15, -0.1) is 0 Å². The van der Waals surface area contributed by atoms with Gasteiger partial charge in [0.2, 0.25) is 0 Å². The topological polar surface area (TPSA) is 73.3 Å². The van der Waals surface area contributed by atoms with Gasteiger partial charge in [-0.2, -0.15) is 0 Å². The number of rotatable bonds is 6. The van der Waals surface area contributed by atoms with E-state index in [1.54, 1.807) is 59.3 Å². The average molecular weight is 534 g/mol. The van der Waals surface area contributed by atoms with Crippen LogP contribution in [-0.4, -0.2) is 59.1 Å². The third kappa shape index (κ3) is 6.06. The third-order valence-electron chi connectivity index (χ3n) is 7.81. The molecular weight excluding hydrogens is 497 g/mol. The van der Waals surface area contributed by atoms with E-state index in [2.05, 4.69) is 25.7 Å². The van der Waals surface area contributed by atoms with Crippen molar-refractivity contribution < 1.29 is 23.8 Å². The Hall–Kier alpha value is -3.91. The van der Waals surface area contributed by atoms with Crippen molar-refractivity contribution in [1.29, 1.82) is 0 Å². The highest BCUT2D eigenvalue weighted by atomic mass is 19.1. The number of hydrogen-bond donors (Lipinski definition) is 1. The number of hydrogen-bond acceptors (Lipinski definition) is 4. The maximum Gasteiger partial charge on any atom is 0.407 e. The number of carbonyl (C=O) groups excluding carboxylic acids is 1. The summed E-state index contributed by atoms with van der Waals surface area (Å²) in [5.74, 6) is -0.0616. The zero-order valence-corrected chi connectivity index (χ0v) is 23.1. The molecular formula is C31H36FN3O4. The van der Waals surface area contributed by atoms with Crippen LogP contribution in [0.2, 0.25) is 0 Å². The summed E-state index contributed by atoms with van der Waals surface area (Å²) in [5, 5.41) is 9.76. The molecule has 1 N–H and O–H groups in total. The number of carboxylic acid groups (broad SMARTS) is 1. The number of ether oxygens (including phenoxy) is 1. The normalized spacial score (nSPS) is 18.1. The zero-order chi connectivity index (χ0) is 28.4. The van der Waals surface area contributed by atoms with Gasteiger partial charge in [0, 0.05) is 44.5 Å². The van der Waals surface area contributed by atoms with Crippen molar-refractivity contribution in [1.82, 2.24) is 9.80 Å². The summed E-state index contributed by atoms with van der Waals surface area (Å²) in [6.07, 6.45) is -0.878. The van der Waals surface area contributed by atoms with E-state index in [1.807, 2.05) is 31.2 Å². The molecule has 4 rings (SSSR count). The molecule has 8 heteroatoms. The molecule has 3 aromatic rings. The van der Waals surface area contributed by atoms with Crippen LogP contribution in [0.3, 0.4) is 0 Å². The minimum Gasteiger partial charge on any atom is -0.465 e. The van der Waals surface area contributed by atoms with Crippen molar-refractivity contribution in [3.63, 3.8) is 0 Å². The summed E-state index contributed by atoms with van der Waals surface area (Å²) in [4.78, 5) is 30.4. The monoisotopic (exact) mass is 533 g/mol. The molecule has 1 aliphatic heterocycles. The quantitative estimate of drug-likeness (QED) is 0.392. The number of amides is 2. The first-order valence-corrected chi connectivity index (χ1v) is 13.0. The number of anilines is 1. The van der Waals surface area contributed by atoms with Crippen LogP contribution in [0.1, 0.15) is 43.6 Å². The molecule has 206 valence electrons. The molecule has 39 heavy (non-hydrogen) atoms. The molecule has 1 heterocycles. The molecule has 0 unspecified atom stereocenters. The average Bonchev–Trinajstić information content (AvgIpc) is 2.89. The van der Waals surface area contributed by atoms with Crippen molar-refractivity contribution in [3.05, 3.63) is 89.7 Å². The molecule has 2 amide bonds. The van der Waals surface area contributed by atoms with Gasteiger partial charge in [0.05, 0.1) is 5.54 Å². The van der Waals surface area contributed by atoms with Gasteiger partial charge in [-0.05, 0) is 66.4 Å². The van der Waals surface area contributed by atoms with E-state index in [1.165, 1.54) is 6.07 Å². The van der Waals surface area contributed by atoms with E-state index in [-0.39, 0.29) is 17.1 Å². The number of piperazine rings is 1. The van der Waals surface area contributed by atoms with Gasteiger partial charge in [0.25, 0.3) is 5.91 Å². The molecule has 0 spiro atoms. The van der Waals surface area contributed by atoms with Gasteiger partial charge in [0.1, 0.15) is 5.75 Å².